The third kappa shape index (κ3) is 6.07. The summed E-state index contributed by atoms with van der Waals surface area (Å²) in [5, 5.41) is 10.9. The molecule has 0 aliphatic heterocycles. The average molecular weight is 428 g/mol. The van der Waals surface area contributed by atoms with Crippen molar-refractivity contribution in [2.45, 2.75) is 51.6 Å². The van der Waals surface area contributed by atoms with E-state index in [0.29, 0.717) is 6.61 Å². The molecule has 2 unspecified atom stereocenters. The van der Waals surface area contributed by atoms with Crippen LogP contribution in [-0.2, 0) is 9.53 Å². The van der Waals surface area contributed by atoms with Crippen LogP contribution < -0.4 is 17.0 Å². The molecule has 4 nitrogen and oxygen atoms in total. The van der Waals surface area contributed by atoms with Gasteiger partial charge in [0.1, 0.15) is 19.1 Å². The third-order valence-corrected chi connectivity index (χ3v) is 6.04. The predicted octanol–water partition coefficient (Wildman–Crippen LogP) is 0.355. The van der Waals surface area contributed by atoms with Gasteiger partial charge < -0.3 is 31.3 Å². The number of likely N-dealkylation sites (N-methyl/N-ethyl adjacent to an activating group) is 1. The Kier molecular flexibility index (Phi) is 9.83. The minimum atomic E-state index is -0.657. The molecule has 1 saturated carbocycles. The summed E-state index contributed by atoms with van der Waals surface area (Å²) in [6.07, 6.45) is 3.62. The molecule has 0 saturated heterocycles. The zero-order valence-electron chi connectivity index (χ0n) is 16.4. The van der Waals surface area contributed by atoms with Crippen LogP contribution in [0, 0.1) is 5.92 Å². The Balaban J connectivity index is 0.00000338. The van der Waals surface area contributed by atoms with E-state index in [2.05, 4.69) is 20.9 Å². The minimum Gasteiger partial charge on any atom is -1.00 e. The maximum atomic E-state index is 12.8. The number of hydrogen-bond donors (Lipinski definition) is 1. The third-order valence-electron chi connectivity index (χ3n) is 6.04. The summed E-state index contributed by atoms with van der Waals surface area (Å²) < 4.78 is 6.51. The monoisotopic (exact) mass is 427 g/mol. The Bertz CT molecular complexity index is 527. The molecule has 1 aliphatic rings. The highest BCUT2D eigenvalue weighted by Crippen LogP contribution is 2.35. The first-order valence-corrected chi connectivity index (χ1v) is 9.74. The molecule has 0 amide bonds. The van der Waals surface area contributed by atoms with Crippen molar-refractivity contribution in [1.29, 1.82) is 0 Å². The summed E-state index contributed by atoms with van der Waals surface area (Å²) >= 11 is 0. The lowest BCUT2D eigenvalue weighted by Crippen LogP contribution is -3.00. The molecule has 1 aliphatic carbocycles. The highest BCUT2D eigenvalue weighted by Gasteiger charge is 2.36. The maximum absolute atomic E-state index is 12.8. The van der Waals surface area contributed by atoms with Crippen LogP contribution in [0.4, 0.5) is 0 Å². The molecule has 1 aromatic carbocycles. The summed E-state index contributed by atoms with van der Waals surface area (Å²) in [5.74, 6) is -0.666. The fourth-order valence-corrected chi connectivity index (χ4v) is 3.70. The summed E-state index contributed by atoms with van der Waals surface area (Å²) in [7, 11) is 2.18. The molecule has 2 atom stereocenters. The van der Waals surface area contributed by atoms with E-state index in [4.69, 9.17) is 4.74 Å². The smallest absolute Gasteiger partial charge is 0.316 e. The van der Waals surface area contributed by atoms with Gasteiger partial charge in [0, 0.05) is 0 Å². The fourth-order valence-electron chi connectivity index (χ4n) is 3.70. The molecule has 26 heavy (non-hydrogen) atoms. The number of aliphatic hydroxyl groups is 1. The summed E-state index contributed by atoms with van der Waals surface area (Å²) in [6, 6.07) is 9.60. The topological polar surface area (TPSA) is 46.5 Å². The van der Waals surface area contributed by atoms with Gasteiger partial charge in [0.25, 0.3) is 0 Å². The second-order valence-corrected chi connectivity index (χ2v) is 7.57. The number of carbonyl (C=O) groups excluding carboxylic acids is 1. The molecule has 2 rings (SSSR count). The molecule has 0 heterocycles. The summed E-state index contributed by atoms with van der Waals surface area (Å²) in [4.78, 5) is 12.8. The van der Waals surface area contributed by atoms with Gasteiger partial charge in [0.15, 0.2) is 0 Å². The molecule has 1 N–H and O–H groups in total. The Morgan fingerprint density at radius 3 is 2.31 bits per heavy atom. The van der Waals surface area contributed by atoms with Crippen LogP contribution in [0.15, 0.2) is 30.3 Å². The van der Waals surface area contributed by atoms with Crippen molar-refractivity contribution in [3.63, 3.8) is 0 Å². The molecule has 0 aromatic heterocycles. The number of benzene rings is 1. The van der Waals surface area contributed by atoms with E-state index < -0.39 is 12.0 Å². The van der Waals surface area contributed by atoms with Crippen molar-refractivity contribution >= 4 is 5.97 Å². The normalized spacial score (nSPS) is 17.4. The van der Waals surface area contributed by atoms with Crippen molar-refractivity contribution in [2.24, 2.45) is 5.92 Å². The van der Waals surface area contributed by atoms with E-state index in [1.165, 1.54) is 0 Å². The lowest BCUT2D eigenvalue weighted by molar-refractivity contribution is -0.906. The van der Waals surface area contributed by atoms with Crippen molar-refractivity contribution < 1.29 is 36.1 Å². The van der Waals surface area contributed by atoms with Gasteiger partial charge in [0.05, 0.1) is 26.2 Å². The van der Waals surface area contributed by atoms with Gasteiger partial charge in [-0.3, -0.25) is 4.79 Å². The number of hydrogen-bond acceptors (Lipinski definition) is 3. The first-order chi connectivity index (χ1) is 12.0. The SMILES string of the molecule is CC[N+](C)(CC)CCOC(=O)C(c1ccccc1)C(O)C1CCCC1.[Br-]. The van der Waals surface area contributed by atoms with E-state index in [-0.39, 0.29) is 28.9 Å². The van der Waals surface area contributed by atoms with E-state index >= 15 is 0 Å². The zero-order chi connectivity index (χ0) is 18.3. The van der Waals surface area contributed by atoms with Crippen LogP contribution in [0.2, 0.25) is 0 Å². The molecule has 1 fully saturated rings. The van der Waals surface area contributed by atoms with Gasteiger partial charge in [-0.1, -0.05) is 43.2 Å². The molecule has 5 heteroatoms. The Labute approximate surface area is 168 Å². The highest BCUT2D eigenvalue weighted by atomic mass is 79.9. The molecule has 0 bridgehead atoms. The van der Waals surface area contributed by atoms with Gasteiger partial charge in [-0.15, -0.1) is 0 Å². The second kappa shape index (κ2) is 11.1. The second-order valence-electron chi connectivity index (χ2n) is 7.57. The van der Waals surface area contributed by atoms with Gasteiger partial charge in [-0.25, -0.2) is 0 Å². The lowest BCUT2D eigenvalue weighted by atomic mass is 9.85. The Morgan fingerprint density at radius 1 is 1.19 bits per heavy atom. The number of carbonyl (C=O) groups is 1. The average Bonchev–Trinajstić information content (AvgIpc) is 3.17. The van der Waals surface area contributed by atoms with Crippen molar-refractivity contribution in [3.8, 4) is 0 Å². The lowest BCUT2D eigenvalue weighted by Gasteiger charge is -2.32. The molecule has 0 radical (unpaired) electrons. The number of quaternary nitrogens is 1. The Hall–Kier alpha value is -0.910. The zero-order valence-corrected chi connectivity index (χ0v) is 18.0. The van der Waals surface area contributed by atoms with Crippen LogP contribution in [0.5, 0.6) is 0 Å². The highest BCUT2D eigenvalue weighted by molar-refractivity contribution is 5.79. The van der Waals surface area contributed by atoms with Crippen LogP contribution in [0.1, 0.15) is 51.0 Å². The quantitative estimate of drug-likeness (QED) is 0.456. The minimum absolute atomic E-state index is 0. The summed E-state index contributed by atoms with van der Waals surface area (Å²) in [5.41, 5.74) is 0.857. The van der Waals surface area contributed by atoms with E-state index in [0.717, 1.165) is 55.4 Å². The van der Waals surface area contributed by atoms with Crippen LogP contribution in [0.3, 0.4) is 0 Å². The van der Waals surface area contributed by atoms with E-state index in [1.807, 2.05) is 30.3 Å². The molecular weight excluding hydrogens is 394 g/mol. The molecule has 0 spiro atoms. The maximum Gasteiger partial charge on any atom is 0.316 e. The van der Waals surface area contributed by atoms with Crippen LogP contribution in [-0.4, -0.2) is 55.0 Å². The van der Waals surface area contributed by atoms with Crippen LogP contribution >= 0.6 is 0 Å². The first kappa shape index (κ1) is 23.1. The van der Waals surface area contributed by atoms with Crippen molar-refractivity contribution in [2.75, 3.05) is 33.3 Å². The van der Waals surface area contributed by atoms with Gasteiger partial charge in [-0.2, -0.15) is 0 Å². The number of halogens is 1. The predicted molar refractivity (Wildman–Crippen MR) is 100 cm³/mol. The number of ether oxygens (including phenoxy) is 1. The fraction of sp³-hybridized carbons (Fsp3) is 0.667. The van der Waals surface area contributed by atoms with Crippen LogP contribution in [0.25, 0.3) is 0 Å². The van der Waals surface area contributed by atoms with E-state index in [1.54, 1.807) is 0 Å². The number of aliphatic hydroxyl groups excluding tert-OH is 1. The van der Waals surface area contributed by atoms with Crippen molar-refractivity contribution in [1.82, 2.24) is 0 Å². The first-order valence-electron chi connectivity index (χ1n) is 9.74. The molecule has 148 valence electrons. The standard InChI is InChI=1S/C21H34NO3.BrH/c1-4-22(3,5-2)15-16-25-21(24)19(17-11-7-6-8-12-17)20(23)18-13-9-10-14-18;/h6-8,11-12,18-20,23H,4-5,9-10,13-16H2,1-3H3;1H/q+1;/p-1. The number of rotatable bonds is 9. The largest absolute Gasteiger partial charge is 1.00 e. The van der Waals surface area contributed by atoms with Gasteiger partial charge in [-0.05, 0) is 38.2 Å². The number of esters is 1. The van der Waals surface area contributed by atoms with Crippen molar-refractivity contribution in [3.05, 3.63) is 35.9 Å². The van der Waals surface area contributed by atoms with Gasteiger partial charge >= 0.3 is 5.97 Å². The summed E-state index contributed by atoms with van der Waals surface area (Å²) in [6.45, 7) is 7.54. The Morgan fingerprint density at radius 2 is 1.77 bits per heavy atom. The number of nitrogens with zero attached hydrogens (tertiary/aromatic N) is 1. The molecule has 1 aromatic rings. The van der Waals surface area contributed by atoms with E-state index in [9.17, 15) is 9.90 Å². The molecular formula is C21H34BrNO3. The van der Waals surface area contributed by atoms with Gasteiger partial charge in [0.2, 0.25) is 0 Å².